The van der Waals surface area contributed by atoms with E-state index in [1.165, 1.54) is 12.1 Å². The Labute approximate surface area is 169 Å². The summed E-state index contributed by atoms with van der Waals surface area (Å²) < 4.78 is 19.7. The largest absolute Gasteiger partial charge is 0.458 e. The van der Waals surface area contributed by atoms with Gasteiger partial charge >= 0.3 is 6.01 Å². The highest BCUT2D eigenvalue weighted by molar-refractivity contribution is 9.10. The molecule has 1 atom stereocenters. The zero-order valence-electron chi connectivity index (χ0n) is 14.9. The molecule has 1 aliphatic rings. The molecule has 0 saturated carbocycles. The van der Waals surface area contributed by atoms with Crippen molar-refractivity contribution in [3.63, 3.8) is 0 Å². The number of carbonyl (C=O) groups excluding carboxylic acids is 1. The van der Waals surface area contributed by atoms with Crippen molar-refractivity contribution in [1.82, 2.24) is 19.9 Å². The van der Waals surface area contributed by atoms with Gasteiger partial charge in [-0.25, -0.2) is 14.4 Å². The van der Waals surface area contributed by atoms with E-state index in [-0.39, 0.29) is 17.8 Å². The van der Waals surface area contributed by atoms with Crippen molar-refractivity contribution in [3.8, 4) is 17.1 Å². The van der Waals surface area contributed by atoms with Crippen LogP contribution in [0.15, 0.2) is 53.4 Å². The molecule has 4 rings (SSSR count). The van der Waals surface area contributed by atoms with Gasteiger partial charge in [0.05, 0.1) is 11.0 Å². The number of ether oxygens (including phenoxy) is 1. The Morgan fingerprint density at radius 3 is 2.71 bits per heavy atom. The Morgan fingerprint density at radius 2 is 1.96 bits per heavy atom. The lowest BCUT2D eigenvalue weighted by Gasteiger charge is -2.32. The van der Waals surface area contributed by atoms with Crippen LogP contribution < -0.4 is 4.74 Å². The Bertz CT molecular complexity index is 959. The highest BCUT2D eigenvalue weighted by Gasteiger charge is 2.27. The third-order valence-electron chi connectivity index (χ3n) is 4.63. The van der Waals surface area contributed by atoms with Crippen LogP contribution in [0.3, 0.4) is 0 Å². The lowest BCUT2D eigenvalue weighted by molar-refractivity contribution is 0.0511. The minimum Gasteiger partial charge on any atom is -0.458 e. The van der Waals surface area contributed by atoms with Gasteiger partial charge in [0.2, 0.25) is 0 Å². The number of aromatic nitrogens is 3. The first kappa shape index (κ1) is 18.6. The van der Waals surface area contributed by atoms with Crippen LogP contribution in [0.5, 0.6) is 6.01 Å². The third kappa shape index (κ3) is 4.22. The summed E-state index contributed by atoms with van der Waals surface area (Å²) in [7, 11) is 0. The molecule has 0 spiro atoms. The zero-order chi connectivity index (χ0) is 19.5. The van der Waals surface area contributed by atoms with Crippen LogP contribution in [-0.4, -0.2) is 45.0 Å². The summed E-state index contributed by atoms with van der Waals surface area (Å²) >= 11 is 3.29. The molecule has 1 fully saturated rings. The number of benzene rings is 1. The maximum atomic E-state index is 13.1. The molecule has 1 aliphatic heterocycles. The molecule has 28 heavy (non-hydrogen) atoms. The average Bonchev–Trinajstić information content (AvgIpc) is 3.20. The van der Waals surface area contributed by atoms with E-state index in [9.17, 15) is 9.18 Å². The maximum absolute atomic E-state index is 13.1. The number of H-pyrrole nitrogens is 1. The molecule has 1 N–H and O–H groups in total. The predicted octanol–water partition coefficient (Wildman–Crippen LogP) is 4.06. The zero-order valence-corrected chi connectivity index (χ0v) is 16.5. The van der Waals surface area contributed by atoms with E-state index in [4.69, 9.17) is 4.74 Å². The molecule has 1 unspecified atom stereocenters. The molecule has 144 valence electrons. The minimum atomic E-state index is -0.287. The highest BCUT2D eigenvalue weighted by Crippen LogP contribution is 2.23. The van der Waals surface area contributed by atoms with Crippen molar-refractivity contribution in [2.45, 2.75) is 18.9 Å². The monoisotopic (exact) mass is 444 g/mol. The van der Waals surface area contributed by atoms with Crippen LogP contribution in [0.4, 0.5) is 4.39 Å². The maximum Gasteiger partial charge on any atom is 0.316 e. The van der Waals surface area contributed by atoms with Gasteiger partial charge in [0.25, 0.3) is 5.91 Å². The first-order chi connectivity index (χ1) is 13.6. The minimum absolute atomic E-state index is 0.0848. The quantitative estimate of drug-likeness (QED) is 0.658. The second-order valence-electron chi connectivity index (χ2n) is 6.63. The number of nitrogens with one attached hydrogen (secondary N) is 1. The Hall–Kier alpha value is -2.74. The van der Waals surface area contributed by atoms with Crippen molar-refractivity contribution in [3.05, 3.63) is 64.9 Å². The second kappa shape index (κ2) is 8.10. The fourth-order valence-corrected chi connectivity index (χ4v) is 3.43. The van der Waals surface area contributed by atoms with E-state index in [2.05, 4.69) is 30.9 Å². The molecular formula is C20H18BrFN4O2. The van der Waals surface area contributed by atoms with Crippen LogP contribution in [0, 0.1) is 5.82 Å². The molecule has 3 aromatic rings. The van der Waals surface area contributed by atoms with Crippen LogP contribution >= 0.6 is 15.9 Å². The van der Waals surface area contributed by atoms with E-state index < -0.39 is 0 Å². The van der Waals surface area contributed by atoms with Crippen molar-refractivity contribution < 1.29 is 13.9 Å². The van der Waals surface area contributed by atoms with Gasteiger partial charge in [-0.3, -0.25) is 4.79 Å². The van der Waals surface area contributed by atoms with E-state index in [0.29, 0.717) is 24.8 Å². The molecule has 2 aromatic heterocycles. The third-order valence-corrected chi connectivity index (χ3v) is 5.03. The SMILES string of the molecule is O=C(c1cc(-c2ccc(F)cc2)c[nH]1)N1CCCC(Oc2ncc(Br)cn2)C1. The molecule has 0 radical (unpaired) electrons. The molecule has 3 heterocycles. The highest BCUT2D eigenvalue weighted by atomic mass is 79.9. The summed E-state index contributed by atoms with van der Waals surface area (Å²) in [5.74, 6) is -0.372. The number of hydrogen-bond donors (Lipinski definition) is 1. The van der Waals surface area contributed by atoms with Crippen molar-refractivity contribution in [2.75, 3.05) is 13.1 Å². The van der Waals surface area contributed by atoms with E-state index in [1.54, 1.807) is 41.7 Å². The topological polar surface area (TPSA) is 71.1 Å². The van der Waals surface area contributed by atoms with E-state index >= 15 is 0 Å². The Balaban J connectivity index is 1.43. The van der Waals surface area contributed by atoms with Gasteiger partial charge < -0.3 is 14.6 Å². The van der Waals surface area contributed by atoms with Gasteiger partial charge in [0.15, 0.2) is 0 Å². The smallest absolute Gasteiger partial charge is 0.316 e. The molecule has 8 heteroatoms. The normalized spacial score (nSPS) is 16.8. The number of rotatable bonds is 4. The standard InChI is InChI=1S/C20H18BrFN4O2/c21-15-10-24-20(25-11-15)28-17-2-1-7-26(12-17)19(27)18-8-14(9-23-18)13-3-5-16(22)6-4-13/h3-6,8-11,17,23H,1-2,7,12H2. The number of likely N-dealkylation sites (tertiary alicyclic amines) is 1. The molecule has 0 aliphatic carbocycles. The summed E-state index contributed by atoms with van der Waals surface area (Å²) in [6.45, 7) is 1.15. The van der Waals surface area contributed by atoms with Gasteiger partial charge in [-0.05, 0) is 58.1 Å². The number of nitrogens with zero attached hydrogens (tertiary/aromatic N) is 3. The summed E-state index contributed by atoms with van der Waals surface area (Å²) in [4.78, 5) is 25.9. The van der Waals surface area contributed by atoms with Crippen LogP contribution in [0.1, 0.15) is 23.3 Å². The van der Waals surface area contributed by atoms with Gasteiger partial charge in [-0.2, -0.15) is 0 Å². The fraction of sp³-hybridized carbons (Fsp3) is 0.250. The number of carbonyl (C=O) groups is 1. The molecule has 1 amide bonds. The summed E-state index contributed by atoms with van der Waals surface area (Å²) in [5.41, 5.74) is 2.19. The van der Waals surface area contributed by atoms with Gasteiger partial charge in [-0.1, -0.05) is 12.1 Å². The van der Waals surface area contributed by atoms with E-state index in [1.807, 2.05) is 0 Å². The van der Waals surface area contributed by atoms with Crippen LogP contribution in [0.25, 0.3) is 11.1 Å². The Morgan fingerprint density at radius 1 is 1.21 bits per heavy atom. The van der Waals surface area contributed by atoms with Crippen molar-refractivity contribution in [1.29, 1.82) is 0 Å². The summed E-state index contributed by atoms with van der Waals surface area (Å²) in [6, 6.07) is 8.28. The van der Waals surface area contributed by atoms with Crippen LogP contribution in [-0.2, 0) is 0 Å². The molecule has 1 aromatic carbocycles. The van der Waals surface area contributed by atoms with E-state index in [0.717, 1.165) is 28.4 Å². The molecular weight excluding hydrogens is 427 g/mol. The predicted molar refractivity (Wildman–Crippen MR) is 105 cm³/mol. The van der Waals surface area contributed by atoms with Gasteiger partial charge in [-0.15, -0.1) is 0 Å². The molecule has 6 nitrogen and oxygen atoms in total. The van der Waals surface area contributed by atoms with Gasteiger partial charge in [0, 0.05) is 25.1 Å². The Kier molecular flexibility index (Phi) is 5.38. The summed E-state index contributed by atoms with van der Waals surface area (Å²) in [6.07, 6.45) is 6.56. The number of piperidine rings is 1. The molecule has 0 bridgehead atoms. The van der Waals surface area contributed by atoms with Crippen molar-refractivity contribution >= 4 is 21.8 Å². The van der Waals surface area contributed by atoms with Gasteiger partial charge in [0.1, 0.15) is 17.6 Å². The lowest BCUT2D eigenvalue weighted by atomic mass is 10.1. The first-order valence-electron chi connectivity index (χ1n) is 8.96. The number of hydrogen-bond acceptors (Lipinski definition) is 4. The number of amides is 1. The summed E-state index contributed by atoms with van der Waals surface area (Å²) in [5, 5.41) is 0. The number of aromatic amines is 1. The first-order valence-corrected chi connectivity index (χ1v) is 9.75. The van der Waals surface area contributed by atoms with Crippen LogP contribution in [0.2, 0.25) is 0 Å². The fourth-order valence-electron chi connectivity index (χ4n) is 3.23. The average molecular weight is 445 g/mol. The number of halogens is 2. The second-order valence-corrected chi connectivity index (χ2v) is 7.54. The lowest BCUT2D eigenvalue weighted by Crippen LogP contribution is -2.44. The molecule has 1 saturated heterocycles. The van der Waals surface area contributed by atoms with Crippen molar-refractivity contribution in [2.24, 2.45) is 0 Å².